The SMILES string of the molecule is CSc1cc(C(=O)NC(C)c2nc(C)c(C(=O)O)s2)ccc1F. The Morgan fingerprint density at radius 1 is 1.43 bits per heavy atom. The number of carboxylic acids is 1. The number of carbonyl (C=O) groups excluding carboxylic acids is 1. The van der Waals surface area contributed by atoms with Crippen LogP contribution in [0, 0.1) is 12.7 Å². The molecule has 0 saturated carbocycles. The van der Waals surface area contributed by atoms with Crippen LogP contribution >= 0.6 is 23.1 Å². The smallest absolute Gasteiger partial charge is 0.347 e. The number of carbonyl (C=O) groups is 2. The topological polar surface area (TPSA) is 79.3 Å². The quantitative estimate of drug-likeness (QED) is 0.804. The molecule has 1 unspecified atom stereocenters. The van der Waals surface area contributed by atoms with Crippen LogP contribution in [0.2, 0.25) is 0 Å². The highest BCUT2D eigenvalue weighted by Gasteiger charge is 2.20. The zero-order chi connectivity index (χ0) is 17.1. The van der Waals surface area contributed by atoms with Crippen LogP contribution < -0.4 is 5.32 Å². The van der Waals surface area contributed by atoms with Gasteiger partial charge in [0.25, 0.3) is 5.91 Å². The van der Waals surface area contributed by atoms with Gasteiger partial charge in [-0.3, -0.25) is 4.79 Å². The third-order valence-corrected chi connectivity index (χ3v) is 5.22. The molecule has 23 heavy (non-hydrogen) atoms. The van der Waals surface area contributed by atoms with E-state index in [2.05, 4.69) is 10.3 Å². The highest BCUT2D eigenvalue weighted by Crippen LogP contribution is 2.24. The minimum Gasteiger partial charge on any atom is -0.477 e. The standard InChI is InChI=1S/C15H15FN2O3S2/c1-7-12(15(20)21)23-14(18-7)8(2)17-13(19)9-4-5-10(16)11(6-9)22-3/h4-6,8H,1-3H3,(H,17,19)(H,20,21). The number of thiazole rings is 1. The van der Waals surface area contributed by atoms with E-state index in [-0.39, 0.29) is 16.6 Å². The normalized spacial score (nSPS) is 12.0. The van der Waals surface area contributed by atoms with Crippen molar-refractivity contribution in [2.24, 2.45) is 0 Å². The van der Waals surface area contributed by atoms with Gasteiger partial charge in [0.1, 0.15) is 15.7 Å². The fraction of sp³-hybridized carbons (Fsp3) is 0.267. The minimum absolute atomic E-state index is 0.160. The Kier molecular flexibility index (Phi) is 5.38. The van der Waals surface area contributed by atoms with Gasteiger partial charge < -0.3 is 10.4 Å². The lowest BCUT2D eigenvalue weighted by molar-refractivity contribution is 0.0701. The van der Waals surface area contributed by atoms with Crippen LogP contribution in [0.3, 0.4) is 0 Å². The third-order valence-electron chi connectivity index (χ3n) is 3.14. The molecular weight excluding hydrogens is 339 g/mol. The lowest BCUT2D eigenvalue weighted by Crippen LogP contribution is -2.26. The van der Waals surface area contributed by atoms with Crippen LogP contribution in [0.1, 0.15) is 43.7 Å². The average Bonchev–Trinajstić information content (AvgIpc) is 2.90. The monoisotopic (exact) mass is 354 g/mol. The number of aromatic carboxylic acids is 1. The first-order chi connectivity index (χ1) is 10.8. The van der Waals surface area contributed by atoms with E-state index in [1.165, 1.54) is 30.0 Å². The molecule has 0 bridgehead atoms. The predicted molar refractivity (Wildman–Crippen MR) is 87.9 cm³/mol. The first-order valence-electron chi connectivity index (χ1n) is 6.68. The van der Waals surface area contributed by atoms with E-state index >= 15 is 0 Å². The van der Waals surface area contributed by atoms with Gasteiger partial charge >= 0.3 is 5.97 Å². The van der Waals surface area contributed by atoms with E-state index in [0.29, 0.717) is 21.2 Å². The maximum absolute atomic E-state index is 13.5. The van der Waals surface area contributed by atoms with Gasteiger partial charge in [0.05, 0.1) is 11.7 Å². The van der Waals surface area contributed by atoms with Crippen molar-refractivity contribution >= 4 is 35.0 Å². The molecule has 1 atom stereocenters. The average molecular weight is 354 g/mol. The molecule has 122 valence electrons. The molecule has 0 radical (unpaired) electrons. The summed E-state index contributed by atoms with van der Waals surface area (Å²) < 4.78 is 13.5. The van der Waals surface area contributed by atoms with E-state index < -0.39 is 12.0 Å². The van der Waals surface area contributed by atoms with Gasteiger partial charge in [-0.15, -0.1) is 23.1 Å². The first kappa shape index (κ1) is 17.4. The van der Waals surface area contributed by atoms with Gasteiger partial charge in [0.15, 0.2) is 0 Å². The summed E-state index contributed by atoms with van der Waals surface area (Å²) in [5, 5.41) is 12.3. The van der Waals surface area contributed by atoms with Crippen LogP contribution in [0.15, 0.2) is 23.1 Å². The summed E-state index contributed by atoms with van der Waals surface area (Å²) in [5.74, 6) is -1.77. The summed E-state index contributed by atoms with van der Waals surface area (Å²) in [4.78, 5) is 28.0. The van der Waals surface area contributed by atoms with E-state index in [4.69, 9.17) is 5.11 Å². The van der Waals surface area contributed by atoms with Gasteiger partial charge in [0, 0.05) is 10.5 Å². The molecule has 0 aliphatic rings. The van der Waals surface area contributed by atoms with Crippen molar-refractivity contribution in [1.29, 1.82) is 0 Å². The molecule has 5 nitrogen and oxygen atoms in total. The molecule has 0 saturated heterocycles. The van der Waals surface area contributed by atoms with Crippen LogP contribution in [0.4, 0.5) is 4.39 Å². The van der Waals surface area contributed by atoms with Gasteiger partial charge in [-0.05, 0) is 38.3 Å². The Bertz CT molecular complexity index is 761. The molecule has 1 aromatic heterocycles. The molecule has 8 heteroatoms. The molecule has 1 aromatic carbocycles. The first-order valence-corrected chi connectivity index (χ1v) is 8.72. The number of hydrogen-bond donors (Lipinski definition) is 2. The van der Waals surface area contributed by atoms with Crippen molar-refractivity contribution in [2.75, 3.05) is 6.26 Å². The number of nitrogens with zero attached hydrogens (tertiary/aromatic N) is 1. The predicted octanol–water partition coefficient (Wildman–Crippen LogP) is 3.50. The highest BCUT2D eigenvalue weighted by molar-refractivity contribution is 7.98. The summed E-state index contributed by atoms with van der Waals surface area (Å²) in [7, 11) is 0. The molecule has 2 N–H and O–H groups in total. The number of amides is 1. The molecule has 0 aliphatic heterocycles. The number of hydrogen-bond acceptors (Lipinski definition) is 5. The Labute approximate surface area is 140 Å². The van der Waals surface area contributed by atoms with Crippen molar-refractivity contribution in [3.63, 3.8) is 0 Å². The molecule has 0 fully saturated rings. The second-order valence-electron chi connectivity index (χ2n) is 4.82. The van der Waals surface area contributed by atoms with Crippen LogP contribution in [0.5, 0.6) is 0 Å². The van der Waals surface area contributed by atoms with E-state index in [9.17, 15) is 14.0 Å². The molecular formula is C15H15FN2O3S2. The van der Waals surface area contributed by atoms with Crippen LogP contribution in [-0.2, 0) is 0 Å². The van der Waals surface area contributed by atoms with Crippen molar-refractivity contribution in [3.05, 3.63) is 45.2 Å². The summed E-state index contributed by atoms with van der Waals surface area (Å²) in [6, 6.07) is 3.70. The largest absolute Gasteiger partial charge is 0.477 e. The van der Waals surface area contributed by atoms with Crippen molar-refractivity contribution < 1.29 is 19.1 Å². The number of nitrogens with one attached hydrogen (secondary N) is 1. The molecule has 2 aromatic rings. The number of benzene rings is 1. The van der Waals surface area contributed by atoms with Gasteiger partial charge in [0.2, 0.25) is 0 Å². The second kappa shape index (κ2) is 7.10. The number of carboxylic acid groups (broad SMARTS) is 1. The number of halogens is 1. The molecule has 2 rings (SSSR count). The van der Waals surface area contributed by atoms with Crippen molar-refractivity contribution in [3.8, 4) is 0 Å². The van der Waals surface area contributed by atoms with Gasteiger partial charge in [-0.25, -0.2) is 14.2 Å². The number of aromatic nitrogens is 1. The molecule has 1 amide bonds. The Balaban J connectivity index is 2.16. The van der Waals surface area contributed by atoms with Gasteiger partial charge in [-0.2, -0.15) is 0 Å². The summed E-state index contributed by atoms with van der Waals surface area (Å²) in [6.45, 7) is 3.34. The third kappa shape index (κ3) is 3.89. The zero-order valence-electron chi connectivity index (χ0n) is 12.7. The maximum Gasteiger partial charge on any atom is 0.347 e. The fourth-order valence-electron chi connectivity index (χ4n) is 1.94. The molecule has 0 spiro atoms. The lowest BCUT2D eigenvalue weighted by atomic mass is 10.2. The second-order valence-corrected chi connectivity index (χ2v) is 6.69. The van der Waals surface area contributed by atoms with E-state index in [0.717, 1.165) is 11.3 Å². The summed E-state index contributed by atoms with van der Waals surface area (Å²) in [5.41, 5.74) is 0.763. The highest BCUT2D eigenvalue weighted by atomic mass is 32.2. The molecule has 1 heterocycles. The Morgan fingerprint density at radius 2 is 2.13 bits per heavy atom. The van der Waals surface area contributed by atoms with Crippen LogP contribution in [-0.4, -0.2) is 28.2 Å². The summed E-state index contributed by atoms with van der Waals surface area (Å²) >= 11 is 2.25. The van der Waals surface area contributed by atoms with Crippen LogP contribution in [0.25, 0.3) is 0 Å². The Hall–Kier alpha value is -1.93. The maximum atomic E-state index is 13.5. The fourth-order valence-corrected chi connectivity index (χ4v) is 3.36. The van der Waals surface area contributed by atoms with Crippen molar-refractivity contribution in [2.45, 2.75) is 24.8 Å². The van der Waals surface area contributed by atoms with E-state index in [1.54, 1.807) is 20.1 Å². The van der Waals surface area contributed by atoms with Gasteiger partial charge in [-0.1, -0.05) is 0 Å². The van der Waals surface area contributed by atoms with Crippen molar-refractivity contribution in [1.82, 2.24) is 10.3 Å². The molecule has 0 aliphatic carbocycles. The number of rotatable bonds is 5. The zero-order valence-corrected chi connectivity index (χ0v) is 14.3. The van der Waals surface area contributed by atoms with E-state index in [1.807, 2.05) is 0 Å². The number of thioether (sulfide) groups is 1. The Morgan fingerprint density at radius 3 is 2.70 bits per heavy atom. The lowest BCUT2D eigenvalue weighted by Gasteiger charge is -2.12. The minimum atomic E-state index is -1.03. The number of aryl methyl sites for hydroxylation is 1. The summed E-state index contributed by atoms with van der Waals surface area (Å²) in [6.07, 6.45) is 1.73.